The van der Waals surface area contributed by atoms with Gasteiger partial charge in [-0.1, -0.05) is 6.92 Å². The smallest absolute Gasteiger partial charge is 0.255 e. The van der Waals surface area contributed by atoms with Crippen LogP contribution in [0.1, 0.15) is 35.6 Å². The van der Waals surface area contributed by atoms with Gasteiger partial charge in [-0.2, -0.15) is 5.10 Å². The molecule has 1 aromatic heterocycles. The number of alkyl halides is 1. The lowest BCUT2D eigenvalue weighted by Gasteiger charge is -2.19. The van der Waals surface area contributed by atoms with Crippen molar-refractivity contribution >= 4 is 17.5 Å². The van der Waals surface area contributed by atoms with Crippen LogP contribution in [0, 0.1) is 19.8 Å². The summed E-state index contributed by atoms with van der Waals surface area (Å²) in [5, 5.41) is 16.3. The summed E-state index contributed by atoms with van der Waals surface area (Å²) in [6, 6.07) is -0.0901. The number of amides is 1. The number of carbonyl (C=O) groups is 1. The molecule has 1 heterocycles. The molecule has 0 saturated heterocycles. The van der Waals surface area contributed by atoms with Gasteiger partial charge in [0.25, 0.3) is 5.91 Å². The largest absolute Gasteiger partial charge is 0.396 e. The van der Waals surface area contributed by atoms with Crippen molar-refractivity contribution < 1.29 is 9.90 Å². The lowest BCUT2D eigenvalue weighted by atomic mass is 10.0. The third kappa shape index (κ3) is 3.70. The number of halogens is 1. The monoisotopic (exact) mass is 287 g/mol. The van der Waals surface area contributed by atoms with Gasteiger partial charge in [-0.05, 0) is 26.7 Å². The van der Waals surface area contributed by atoms with Gasteiger partial charge in [-0.15, -0.1) is 11.6 Å². The second-order valence-electron chi connectivity index (χ2n) is 4.88. The van der Waals surface area contributed by atoms with Crippen molar-refractivity contribution in [1.29, 1.82) is 0 Å². The molecule has 2 N–H and O–H groups in total. The minimum Gasteiger partial charge on any atom is -0.396 e. The molecule has 0 bridgehead atoms. The Balaban J connectivity index is 2.88. The molecule has 1 rings (SSSR count). The molecule has 0 spiro atoms. The maximum Gasteiger partial charge on any atom is 0.255 e. The van der Waals surface area contributed by atoms with Crippen LogP contribution in [0.3, 0.4) is 0 Å². The van der Waals surface area contributed by atoms with Crippen LogP contribution in [0.5, 0.6) is 0 Å². The van der Waals surface area contributed by atoms with Gasteiger partial charge >= 0.3 is 0 Å². The number of nitrogens with one attached hydrogen (secondary N) is 1. The van der Waals surface area contributed by atoms with Gasteiger partial charge in [-0.3, -0.25) is 9.48 Å². The Morgan fingerprint density at radius 3 is 2.63 bits per heavy atom. The normalized spacial score (nSPS) is 14.2. The van der Waals surface area contributed by atoms with Crippen molar-refractivity contribution in [2.24, 2.45) is 5.92 Å². The number of carbonyl (C=O) groups excluding carboxylic acids is 1. The number of hydrogen-bond acceptors (Lipinski definition) is 3. The molecule has 1 aromatic rings. The van der Waals surface area contributed by atoms with Gasteiger partial charge in [0.2, 0.25) is 0 Å². The topological polar surface area (TPSA) is 67.2 Å². The van der Waals surface area contributed by atoms with Crippen LogP contribution >= 0.6 is 11.6 Å². The fourth-order valence-corrected chi connectivity index (χ4v) is 2.06. The fraction of sp³-hybridized carbons (Fsp3) is 0.692. The van der Waals surface area contributed by atoms with E-state index in [2.05, 4.69) is 10.4 Å². The zero-order valence-electron chi connectivity index (χ0n) is 11.9. The van der Waals surface area contributed by atoms with Gasteiger partial charge in [0, 0.05) is 24.2 Å². The van der Waals surface area contributed by atoms with E-state index in [-0.39, 0.29) is 24.5 Å². The molecule has 6 heteroatoms. The third-order valence-electron chi connectivity index (χ3n) is 3.41. The predicted octanol–water partition coefficient (Wildman–Crippen LogP) is 1.49. The van der Waals surface area contributed by atoms with Crippen molar-refractivity contribution in [2.75, 3.05) is 12.5 Å². The Hall–Kier alpha value is -1.07. The summed E-state index contributed by atoms with van der Waals surface area (Å²) in [6.45, 7) is 8.08. The van der Waals surface area contributed by atoms with E-state index < -0.39 is 0 Å². The molecule has 2 unspecified atom stereocenters. The SMILES string of the molecule is Cc1nn(CCCl)c(C)c1C(=O)NC(C)C(C)CO. The molecule has 1 amide bonds. The molecule has 19 heavy (non-hydrogen) atoms. The Morgan fingerprint density at radius 2 is 2.11 bits per heavy atom. The van der Waals surface area contributed by atoms with Crippen LogP contribution in [0.4, 0.5) is 0 Å². The molecule has 0 aliphatic carbocycles. The molecule has 0 aromatic carbocycles. The summed E-state index contributed by atoms with van der Waals surface area (Å²) in [4.78, 5) is 12.3. The van der Waals surface area contributed by atoms with Crippen LogP contribution in [0.2, 0.25) is 0 Å². The zero-order chi connectivity index (χ0) is 14.6. The Bertz CT molecular complexity index is 445. The summed E-state index contributed by atoms with van der Waals surface area (Å²) >= 11 is 5.70. The van der Waals surface area contributed by atoms with Gasteiger partial charge in [0.05, 0.1) is 17.8 Å². The Kier molecular flexibility index (Phi) is 5.82. The number of aryl methyl sites for hydroxylation is 2. The van der Waals surface area contributed by atoms with E-state index >= 15 is 0 Å². The van der Waals surface area contributed by atoms with E-state index in [1.165, 1.54) is 0 Å². The van der Waals surface area contributed by atoms with Gasteiger partial charge < -0.3 is 10.4 Å². The minimum absolute atomic E-state index is 0.0162. The number of hydrogen-bond donors (Lipinski definition) is 2. The lowest BCUT2D eigenvalue weighted by molar-refractivity contribution is 0.0915. The highest BCUT2D eigenvalue weighted by Gasteiger charge is 2.21. The van der Waals surface area contributed by atoms with E-state index in [1.807, 2.05) is 27.7 Å². The highest BCUT2D eigenvalue weighted by molar-refractivity contribution is 6.17. The number of nitrogens with zero attached hydrogens (tertiary/aromatic N) is 2. The lowest BCUT2D eigenvalue weighted by Crippen LogP contribution is -2.38. The summed E-state index contributed by atoms with van der Waals surface area (Å²) in [5.41, 5.74) is 2.12. The molecule has 0 aliphatic heterocycles. The van der Waals surface area contributed by atoms with E-state index in [0.717, 1.165) is 5.69 Å². The molecular weight excluding hydrogens is 266 g/mol. The van der Waals surface area contributed by atoms with E-state index in [0.29, 0.717) is 23.7 Å². The quantitative estimate of drug-likeness (QED) is 0.779. The molecule has 108 valence electrons. The Morgan fingerprint density at radius 1 is 1.47 bits per heavy atom. The van der Waals surface area contributed by atoms with Crippen LogP contribution in [-0.4, -0.2) is 39.3 Å². The first-order valence-corrected chi connectivity index (χ1v) is 6.97. The van der Waals surface area contributed by atoms with Crippen molar-refractivity contribution in [1.82, 2.24) is 15.1 Å². The molecule has 2 atom stereocenters. The van der Waals surface area contributed by atoms with E-state index in [1.54, 1.807) is 4.68 Å². The first-order chi connectivity index (χ1) is 8.92. The average molecular weight is 288 g/mol. The van der Waals surface area contributed by atoms with Crippen molar-refractivity contribution in [2.45, 2.75) is 40.3 Å². The van der Waals surface area contributed by atoms with Crippen LogP contribution in [0.25, 0.3) is 0 Å². The highest BCUT2D eigenvalue weighted by Crippen LogP contribution is 2.14. The maximum absolute atomic E-state index is 12.3. The Labute approximate surface area is 118 Å². The number of aliphatic hydroxyl groups excluding tert-OH is 1. The fourth-order valence-electron chi connectivity index (χ4n) is 1.90. The van der Waals surface area contributed by atoms with Gasteiger partial charge in [0.1, 0.15) is 0 Å². The minimum atomic E-state index is -0.149. The van der Waals surface area contributed by atoms with Gasteiger partial charge in [0.15, 0.2) is 0 Å². The van der Waals surface area contributed by atoms with Crippen molar-refractivity contribution in [3.8, 4) is 0 Å². The van der Waals surface area contributed by atoms with E-state index in [9.17, 15) is 4.79 Å². The summed E-state index contributed by atoms with van der Waals surface area (Å²) in [6.07, 6.45) is 0. The van der Waals surface area contributed by atoms with Gasteiger partial charge in [-0.25, -0.2) is 0 Å². The molecule has 0 radical (unpaired) electrons. The average Bonchev–Trinajstić information content (AvgIpc) is 2.63. The second-order valence-corrected chi connectivity index (χ2v) is 5.26. The second kappa shape index (κ2) is 6.91. The zero-order valence-corrected chi connectivity index (χ0v) is 12.7. The standard InChI is InChI=1S/C13H22ClN3O2/c1-8(7-18)9(2)15-13(19)12-10(3)16-17(6-5-14)11(12)4/h8-9,18H,5-7H2,1-4H3,(H,15,19). The first kappa shape index (κ1) is 16.0. The summed E-state index contributed by atoms with van der Waals surface area (Å²) in [7, 11) is 0. The molecule has 0 fully saturated rings. The van der Waals surface area contributed by atoms with Crippen LogP contribution < -0.4 is 5.32 Å². The molecule has 5 nitrogen and oxygen atoms in total. The third-order valence-corrected chi connectivity index (χ3v) is 3.57. The summed E-state index contributed by atoms with van der Waals surface area (Å²) < 4.78 is 1.75. The summed E-state index contributed by atoms with van der Waals surface area (Å²) in [5.74, 6) is 0.326. The van der Waals surface area contributed by atoms with Crippen molar-refractivity contribution in [3.63, 3.8) is 0 Å². The molecular formula is C13H22ClN3O2. The van der Waals surface area contributed by atoms with Crippen molar-refractivity contribution in [3.05, 3.63) is 17.0 Å². The highest BCUT2D eigenvalue weighted by atomic mass is 35.5. The molecule has 0 aliphatic rings. The van der Waals surface area contributed by atoms with Crippen LogP contribution in [0.15, 0.2) is 0 Å². The maximum atomic E-state index is 12.3. The predicted molar refractivity (Wildman–Crippen MR) is 75.6 cm³/mol. The first-order valence-electron chi connectivity index (χ1n) is 6.44. The number of aromatic nitrogens is 2. The molecule has 0 saturated carbocycles. The number of rotatable bonds is 6. The van der Waals surface area contributed by atoms with E-state index in [4.69, 9.17) is 16.7 Å². The number of aliphatic hydroxyl groups is 1. The van der Waals surface area contributed by atoms with Crippen LogP contribution in [-0.2, 0) is 6.54 Å².